The van der Waals surface area contributed by atoms with Gasteiger partial charge in [-0.05, 0) is 31.1 Å². The summed E-state index contributed by atoms with van der Waals surface area (Å²) >= 11 is 0. The normalized spacial score (nSPS) is 27.6. The summed E-state index contributed by atoms with van der Waals surface area (Å²) in [4.78, 5) is 26.5. The number of carbonyl (C=O) groups excluding carboxylic acids is 1. The van der Waals surface area contributed by atoms with Crippen molar-refractivity contribution in [1.29, 1.82) is 0 Å². The molecule has 2 heterocycles. The van der Waals surface area contributed by atoms with Gasteiger partial charge in [-0.3, -0.25) is 4.79 Å². The van der Waals surface area contributed by atoms with Crippen molar-refractivity contribution in [1.82, 2.24) is 9.80 Å². The Kier molecular flexibility index (Phi) is 4.63. The van der Waals surface area contributed by atoms with E-state index in [0.29, 0.717) is 19.6 Å². The van der Waals surface area contributed by atoms with Crippen LogP contribution in [0.25, 0.3) is 0 Å². The molecule has 0 aromatic rings. The maximum Gasteiger partial charge on any atom is 0.320 e. The second-order valence-electron chi connectivity index (χ2n) is 5.62. The topological polar surface area (TPSA) is 81.1 Å². The number of aliphatic carboxylic acids is 1. The average molecular weight is 270 g/mol. The first kappa shape index (κ1) is 14.1. The van der Waals surface area contributed by atoms with Crippen LogP contribution in [-0.4, -0.2) is 64.8 Å². The molecule has 0 saturated carbocycles. The summed E-state index contributed by atoms with van der Waals surface area (Å²) in [5.74, 6) is -0.521. The number of aliphatic hydroxyl groups is 1. The highest BCUT2D eigenvalue weighted by Crippen LogP contribution is 2.23. The predicted octanol–water partition coefficient (Wildman–Crippen LogP) is 0.607. The summed E-state index contributed by atoms with van der Waals surface area (Å²) < 4.78 is 0. The summed E-state index contributed by atoms with van der Waals surface area (Å²) in [7, 11) is 0. The second-order valence-corrected chi connectivity index (χ2v) is 5.62. The van der Waals surface area contributed by atoms with E-state index < -0.39 is 5.97 Å². The van der Waals surface area contributed by atoms with Gasteiger partial charge in [-0.15, -0.1) is 0 Å². The van der Waals surface area contributed by atoms with Crippen LogP contribution in [0.5, 0.6) is 0 Å². The number of piperidine rings is 1. The van der Waals surface area contributed by atoms with E-state index in [0.717, 1.165) is 25.8 Å². The van der Waals surface area contributed by atoms with E-state index in [4.69, 9.17) is 5.11 Å². The molecule has 2 unspecified atom stereocenters. The number of likely N-dealkylation sites (tertiary alicyclic amines) is 2. The Balaban J connectivity index is 1.85. The van der Waals surface area contributed by atoms with Crippen LogP contribution >= 0.6 is 0 Å². The zero-order chi connectivity index (χ0) is 13.8. The highest BCUT2D eigenvalue weighted by atomic mass is 16.4. The highest BCUT2D eigenvalue weighted by molar-refractivity contribution is 5.75. The molecular formula is C13H22N2O4. The molecule has 0 aliphatic carbocycles. The maximum atomic E-state index is 12.3. The smallest absolute Gasteiger partial charge is 0.320 e. The number of amides is 2. The number of urea groups is 1. The Hall–Kier alpha value is -1.30. The van der Waals surface area contributed by atoms with Crippen molar-refractivity contribution in [3.63, 3.8) is 0 Å². The molecule has 6 heteroatoms. The van der Waals surface area contributed by atoms with Crippen molar-refractivity contribution < 1.29 is 19.8 Å². The van der Waals surface area contributed by atoms with Crippen LogP contribution in [0.1, 0.15) is 25.7 Å². The van der Waals surface area contributed by atoms with Crippen LogP contribution in [0.4, 0.5) is 4.79 Å². The summed E-state index contributed by atoms with van der Waals surface area (Å²) in [6, 6.07) is 0.00559. The van der Waals surface area contributed by atoms with Gasteiger partial charge >= 0.3 is 12.0 Å². The first-order valence-corrected chi connectivity index (χ1v) is 6.96. The van der Waals surface area contributed by atoms with Gasteiger partial charge in [0.1, 0.15) is 0 Å². The van der Waals surface area contributed by atoms with Crippen molar-refractivity contribution in [2.24, 2.45) is 11.8 Å². The minimum absolute atomic E-state index is 0.00559. The van der Waals surface area contributed by atoms with E-state index >= 15 is 0 Å². The number of carboxylic acid groups (broad SMARTS) is 1. The van der Waals surface area contributed by atoms with Gasteiger partial charge in [0.05, 0.1) is 0 Å². The minimum atomic E-state index is -0.794. The molecule has 2 saturated heterocycles. The van der Waals surface area contributed by atoms with E-state index in [1.807, 2.05) is 0 Å². The molecule has 2 amide bonds. The first-order valence-electron chi connectivity index (χ1n) is 6.96. The van der Waals surface area contributed by atoms with Crippen molar-refractivity contribution in [3.05, 3.63) is 0 Å². The molecule has 2 aliphatic rings. The van der Waals surface area contributed by atoms with Crippen molar-refractivity contribution in [2.75, 3.05) is 32.8 Å². The zero-order valence-corrected chi connectivity index (χ0v) is 11.1. The van der Waals surface area contributed by atoms with E-state index in [2.05, 4.69) is 0 Å². The third-order valence-corrected chi connectivity index (χ3v) is 4.07. The van der Waals surface area contributed by atoms with Gasteiger partial charge in [-0.1, -0.05) is 0 Å². The number of rotatable bonds is 3. The lowest BCUT2D eigenvalue weighted by molar-refractivity contribution is -0.138. The average Bonchev–Trinajstić information content (AvgIpc) is 2.85. The Labute approximate surface area is 113 Å². The molecule has 108 valence electrons. The fraction of sp³-hybridized carbons (Fsp3) is 0.846. The van der Waals surface area contributed by atoms with Crippen molar-refractivity contribution >= 4 is 12.0 Å². The lowest BCUT2D eigenvalue weighted by Gasteiger charge is -2.34. The second kappa shape index (κ2) is 6.23. The maximum absolute atomic E-state index is 12.3. The molecule has 2 N–H and O–H groups in total. The molecule has 2 rings (SSSR count). The minimum Gasteiger partial charge on any atom is -0.481 e. The van der Waals surface area contributed by atoms with E-state index in [1.165, 1.54) is 0 Å². The third-order valence-electron chi connectivity index (χ3n) is 4.07. The molecule has 2 fully saturated rings. The Morgan fingerprint density at radius 1 is 1.05 bits per heavy atom. The van der Waals surface area contributed by atoms with E-state index in [1.54, 1.807) is 9.80 Å². The standard InChI is InChI=1S/C13H22N2O4/c16-9-11-2-1-4-14(8-11)13(19)15-5-3-10(7-15)6-12(17)18/h10-11,16H,1-9H2,(H,17,18). The van der Waals surface area contributed by atoms with Crippen LogP contribution in [0.3, 0.4) is 0 Å². The van der Waals surface area contributed by atoms with Gasteiger partial charge < -0.3 is 20.0 Å². The molecule has 2 atom stereocenters. The monoisotopic (exact) mass is 270 g/mol. The van der Waals surface area contributed by atoms with Crippen molar-refractivity contribution in [3.8, 4) is 0 Å². The van der Waals surface area contributed by atoms with Crippen LogP contribution in [0.15, 0.2) is 0 Å². The summed E-state index contributed by atoms with van der Waals surface area (Å²) in [6.45, 7) is 2.69. The number of aliphatic hydroxyl groups excluding tert-OH is 1. The molecule has 0 aromatic carbocycles. The van der Waals surface area contributed by atoms with Gasteiger partial charge in [0.15, 0.2) is 0 Å². The number of carboxylic acids is 1. The van der Waals surface area contributed by atoms with Gasteiger partial charge in [-0.2, -0.15) is 0 Å². The molecule has 0 radical (unpaired) electrons. The van der Waals surface area contributed by atoms with Crippen LogP contribution in [0.2, 0.25) is 0 Å². The van der Waals surface area contributed by atoms with Gasteiger partial charge in [-0.25, -0.2) is 4.79 Å². The molecular weight excluding hydrogens is 248 g/mol. The fourth-order valence-electron chi connectivity index (χ4n) is 3.01. The lowest BCUT2D eigenvalue weighted by atomic mass is 9.99. The number of nitrogens with zero attached hydrogens (tertiary/aromatic N) is 2. The number of hydrogen-bond acceptors (Lipinski definition) is 3. The largest absolute Gasteiger partial charge is 0.481 e. The molecule has 2 aliphatic heterocycles. The Bertz CT molecular complexity index is 348. The first-order chi connectivity index (χ1) is 9.10. The Morgan fingerprint density at radius 2 is 1.74 bits per heavy atom. The SMILES string of the molecule is O=C(O)CC1CCN(C(=O)N2CCCC(CO)C2)C1. The predicted molar refractivity (Wildman–Crippen MR) is 68.7 cm³/mol. The van der Waals surface area contributed by atoms with Crippen molar-refractivity contribution in [2.45, 2.75) is 25.7 Å². The van der Waals surface area contributed by atoms with Gasteiger partial charge in [0, 0.05) is 39.2 Å². The van der Waals surface area contributed by atoms with Crippen LogP contribution in [0, 0.1) is 11.8 Å². The lowest BCUT2D eigenvalue weighted by Crippen LogP contribution is -2.47. The summed E-state index contributed by atoms with van der Waals surface area (Å²) in [5, 5.41) is 18.0. The molecule has 0 bridgehead atoms. The third kappa shape index (κ3) is 3.59. The van der Waals surface area contributed by atoms with Gasteiger partial charge in [0.2, 0.25) is 0 Å². The fourth-order valence-corrected chi connectivity index (χ4v) is 3.01. The molecule has 6 nitrogen and oxygen atoms in total. The van der Waals surface area contributed by atoms with E-state index in [9.17, 15) is 14.7 Å². The van der Waals surface area contributed by atoms with Crippen LogP contribution in [-0.2, 0) is 4.79 Å². The number of carbonyl (C=O) groups is 2. The molecule has 19 heavy (non-hydrogen) atoms. The highest BCUT2D eigenvalue weighted by Gasteiger charge is 2.32. The van der Waals surface area contributed by atoms with Gasteiger partial charge in [0.25, 0.3) is 0 Å². The number of hydrogen-bond donors (Lipinski definition) is 2. The summed E-state index contributed by atoms with van der Waals surface area (Å²) in [6.07, 6.45) is 2.82. The quantitative estimate of drug-likeness (QED) is 0.787. The Morgan fingerprint density at radius 3 is 2.42 bits per heavy atom. The van der Waals surface area contributed by atoms with E-state index in [-0.39, 0.29) is 30.9 Å². The molecule has 0 spiro atoms. The summed E-state index contributed by atoms with van der Waals surface area (Å²) in [5.41, 5.74) is 0. The van der Waals surface area contributed by atoms with Crippen LogP contribution < -0.4 is 0 Å². The molecule has 0 aromatic heterocycles. The zero-order valence-electron chi connectivity index (χ0n) is 11.1.